The Hall–Kier alpha value is -1.23. The molecule has 2 N–H and O–H groups in total. The minimum absolute atomic E-state index is 0.137. The predicted octanol–water partition coefficient (Wildman–Crippen LogP) is 2.35. The molecule has 0 aliphatic heterocycles. The monoisotopic (exact) mass is 274 g/mol. The fraction of sp³-hybridized carbons (Fsp3) is 0.300. The Kier molecular flexibility index (Phi) is 3.57. The summed E-state index contributed by atoms with van der Waals surface area (Å²) >= 11 is 3.20. The summed E-state index contributed by atoms with van der Waals surface area (Å²) in [5.41, 5.74) is 0.336. The number of phenolic OH excluding ortho intramolecular Hbond substituents is 1. The van der Waals surface area contributed by atoms with E-state index in [1.165, 1.54) is 14.0 Å². The standard InChI is InChI=1S/C10H11BrO4/c1-5(10(13)14)6-3-4-7(11)9(15-2)8(6)12/h3-5,12H,1-2H3,(H,13,14). The van der Waals surface area contributed by atoms with Crippen LogP contribution in [0.4, 0.5) is 0 Å². The highest BCUT2D eigenvalue weighted by molar-refractivity contribution is 9.10. The summed E-state index contributed by atoms with van der Waals surface area (Å²) in [6, 6.07) is 3.20. The van der Waals surface area contributed by atoms with Crippen molar-refractivity contribution in [2.24, 2.45) is 0 Å². The zero-order valence-electron chi connectivity index (χ0n) is 8.32. The Labute approximate surface area is 95.6 Å². The van der Waals surface area contributed by atoms with Gasteiger partial charge in [-0.25, -0.2) is 0 Å². The third-order valence-electron chi connectivity index (χ3n) is 2.16. The molecule has 0 saturated heterocycles. The van der Waals surface area contributed by atoms with Crippen LogP contribution >= 0.6 is 15.9 Å². The van der Waals surface area contributed by atoms with Gasteiger partial charge in [0.2, 0.25) is 0 Å². The predicted molar refractivity (Wildman–Crippen MR) is 58.4 cm³/mol. The number of halogens is 1. The van der Waals surface area contributed by atoms with Gasteiger partial charge in [-0.2, -0.15) is 0 Å². The van der Waals surface area contributed by atoms with E-state index in [4.69, 9.17) is 9.84 Å². The van der Waals surface area contributed by atoms with Gasteiger partial charge in [-0.15, -0.1) is 0 Å². The second-order valence-corrected chi connectivity index (χ2v) is 3.93. The van der Waals surface area contributed by atoms with Crippen LogP contribution in [0.2, 0.25) is 0 Å². The molecule has 1 atom stereocenters. The summed E-state index contributed by atoms with van der Waals surface area (Å²) in [7, 11) is 1.41. The maximum Gasteiger partial charge on any atom is 0.310 e. The molecule has 5 heteroatoms. The Morgan fingerprint density at radius 1 is 1.53 bits per heavy atom. The number of carboxylic acids is 1. The fourth-order valence-electron chi connectivity index (χ4n) is 1.24. The molecule has 15 heavy (non-hydrogen) atoms. The molecule has 0 aliphatic carbocycles. The van der Waals surface area contributed by atoms with Crippen molar-refractivity contribution in [2.75, 3.05) is 7.11 Å². The lowest BCUT2D eigenvalue weighted by molar-refractivity contribution is -0.138. The van der Waals surface area contributed by atoms with Crippen molar-refractivity contribution >= 4 is 21.9 Å². The summed E-state index contributed by atoms with van der Waals surface area (Å²) in [6.45, 7) is 1.50. The van der Waals surface area contributed by atoms with Crippen LogP contribution in [0.1, 0.15) is 18.4 Å². The first-order chi connectivity index (χ1) is 6.99. The number of rotatable bonds is 3. The lowest BCUT2D eigenvalue weighted by atomic mass is 10.00. The summed E-state index contributed by atoms with van der Waals surface area (Å²) in [5.74, 6) is -1.65. The van der Waals surface area contributed by atoms with Gasteiger partial charge in [-0.05, 0) is 28.9 Å². The van der Waals surface area contributed by atoms with E-state index in [0.29, 0.717) is 10.0 Å². The first-order valence-electron chi connectivity index (χ1n) is 4.27. The van der Waals surface area contributed by atoms with E-state index in [1.807, 2.05) is 0 Å². The number of methoxy groups -OCH3 is 1. The summed E-state index contributed by atoms with van der Waals surface area (Å²) in [6.07, 6.45) is 0. The van der Waals surface area contributed by atoms with Crippen molar-refractivity contribution < 1.29 is 19.7 Å². The number of ether oxygens (including phenoxy) is 1. The molecule has 1 aromatic rings. The van der Waals surface area contributed by atoms with Gasteiger partial charge in [0.1, 0.15) is 0 Å². The van der Waals surface area contributed by atoms with Crippen LogP contribution in [0.15, 0.2) is 16.6 Å². The molecular weight excluding hydrogens is 264 g/mol. The molecule has 4 nitrogen and oxygen atoms in total. The molecule has 82 valence electrons. The van der Waals surface area contributed by atoms with Crippen LogP contribution in [0.3, 0.4) is 0 Å². The second-order valence-electron chi connectivity index (χ2n) is 3.08. The van der Waals surface area contributed by atoms with Crippen LogP contribution < -0.4 is 4.74 Å². The molecule has 0 aliphatic rings. The fourth-order valence-corrected chi connectivity index (χ4v) is 1.72. The highest BCUT2D eigenvalue weighted by atomic mass is 79.9. The van der Waals surface area contributed by atoms with Crippen LogP contribution in [-0.2, 0) is 4.79 Å². The van der Waals surface area contributed by atoms with Gasteiger partial charge in [-0.1, -0.05) is 6.07 Å². The molecule has 0 radical (unpaired) electrons. The molecule has 1 aromatic carbocycles. The first kappa shape index (κ1) is 11.8. The van der Waals surface area contributed by atoms with Crippen molar-refractivity contribution in [1.82, 2.24) is 0 Å². The van der Waals surface area contributed by atoms with Gasteiger partial charge in [0.15, 0.2) is 11.5 Å². The average molecular weight is 275 g/mol. The number of aliphatic carboxylic acids is 1. The van der Waals surface area contributed by atoms with Crippen LogP contribution in [-0.4, -0.2) is 23.3 Å². The van der Waals surface area contributed by atoms with Crippen molar-refractivity contribution in [3.05, 3.63) is 22.2 Å². The molecule has 0 heterocycles. The van der Waals surface area contributed by atoms with E-state index in [0.717, 1.165) is 0 Å². The molecular formula is C10H11BrO4. The van der Waals surface area contributed by atoms with E-state index in [1.54, 1.807) is 12.1 Å². The molecule has 0 amide bonds. The van der Waals surface area contributed by atoms with Crippen molar-refractivity contribution in [3.63, 3.8) is 0 Å². The quantitative estimate of drug-likeness (QED) is 0.888. The summed E-state index contributed by atoms with van der Waals surface area (Å²) in [4.78, 5) is 10.8. The number of carboxylic acid groups (broad SMARTS) is 1. The minimum atomic E-state index is -0.991. The number of hydrogen-bond donors (Lipinski definition) is 2. The van der Waals surface area contributed by atoms with E-state index in [9.17, 15) is 9.90 Å². The zero-order chi connectivity index (χ0) is 11.6. The Morgan fingerprint density at radius 3 is 2.60 bits per heavy atom. The third-order valence-corrected chi connectivity index (χ3v) is 2.78. The summed E-state index contributed by atoms with van der Waals surface area (Å²) in [5, 5.41) is 18.6. The second kappa shape index (κ2) is 4.53. The molecule has 0 spiro atoms. The SMILES string of the molecule is COc1c(Br)ccc(C(C)C(=O)O)c1O. The normalized spacial score (nSPS) is 12.2. The van der Waals surface area contributed by atoms with Crippen molar-refractivity contribution in [1.29, 1.82) is 0 Å². The van der Waals surface area contributed by atoms with Gasteiger partial charge < -0.3 is 14.9 Å². The maximum absolute atomic E-state index is 10.8. The van der Waals surface area contributed by atoms with Gasteiger partial charge in [0, 0.05) is 5.56 Å². The first-order valence-corrected chi connectivity index (χ1v) is 5.06. The van der Waals surface area contributed by atoms with Gasteiger partial charge >= 0.3 is 5.97 Å². The van der Waals surface area contributed by atoms with Gasteiger partial charge in [-0.3, -0.25) is 4.79 Å². The average Bonchev–Trinajstić information content (AvgIpc) is 2.17. The molecule has 1 unspecified atom stereocenters. The van der Waals surface area contributed by atoms with E-state index in [2.05, 4.69) is 15.9 Å². The Balaban J connectivity index is 3.27. The number of carbonyl (C=O) groups is 1. The van der Waals surface area contributed by atoms with Crippen molar-refractivity contribution in [2.45, 2.75) is 12.8 Å². The van der Waals surface area contributed by atoms with E-state index >= 15 is 0 Å². The number of benzene rings is 1. The summed E-state index contributed by atoms with van der Waals surface area (Å²) < 4.78 is 5.54. The van der Waals surface area contributed by atoms with E-state index in [-0.39, 0.29) is 11.5 Å². The minimum Gasteiger partial charge on any atom is -0.504 e. The molecule has 0 aromatic heterocycles. The number of hydrogen-bond acceptors (Lipinski definition) is 3. The number of aromatic hydroxyl groups is 1. The highest BCUT2D eigenvalue weighted by Gasteiger charge is 2.21. The van der Waals surface area contributed by atoms with Crippen molar-refractivity contribution in [3.8, 4) is 11.5 Å². The third kappa shape index (κ3) is 2.23. The maximum atomic E-state index is 10.8. The number of phenols is 1. The van der Waals surface area contributed by atoms with Crippen LogP contribution in [0.5, 0.6) is 11.5 Å². The zero-order valence-corrected chi connectivity index (χ0v) is 9.91. The topological polar surface area (TPSA) is 66.8 Å². The molecule has 1 rings (SSSR count). The molecule has 0 saturated carbocycles. The van der Waals surface area contributed by atoms with Gasteiger partial charge in [0.05, 0.1) is 17.5 Å². The van der Waals surface area contributed by atoms with Crippen LogP contribution in [0, 0.1) is 0 Å². The lowest BCUT2D eigenvalue weighted by Crippen LogP contribution is -2.08. The highest BCUT2D eigenvalue weighted by Crippen LogP contribution is 2.40. The van der Waals surface area contributed by atoms with E-state index < -0.39 is 11.9 Å². The van der Waals surface area contributed by atoms with Crippen LogP contribution in [0.25, 0.3) is 0 Å². The lowest BCUT2D eigenvalue weighted by Gasteiger charge is -2.13. The smallest absolute Gasteiger partial charge is 0.310 e. The largest absolute Gasteiger partial charge is 0.504 e. The Bertz CT molecular complexity index is 389. The van der Waals surface area contributed by atoms with Gasteiger partial charge in [0.25, 0.3) is 0 Å². The molecule has 0 fully saturated rings. The molecule has 0 bridgehead atoms. The Morgan fingerprint density at radius 2 is 2.13 bits per heavy atom.